The van der Waals surface area contributed by atoms with Crippen LogP contribution >= 0.6 is 0 Å². The first-order chi connectivity index (χ1) is 9.56. The Bertz CT molecular complexity index is 473. The number of benzene rings is 1. The number of hydrogen-bond acceptors (Lipinski definition) is 4. The van der Waals surface area contributed by atoms with E-state index in [9.17, 15) is 9.59 Å². The van der Waals surface area contributed by atoms with Gasteiger partial charge in [-0.3, -0.25) is 9.59 Å². The van der Waals surface area contributed by atoms with Crippen LogP contribution in [-0.4, -0.2) is 30.7 Å². The van der Waals surface area contributed by atoms with Crippen molar-refractivity contribution in [3.8, 4) is 11.5 Å². The Morgan fingerprint density at radius 3 is 2.60 bits per heavy atom. The van der Waals surface area contributed by atoms with E-state index in [1.54, 1.807) is 19.2 Å². The second-order valence-electron chi connectivity index (χ2n) is 4.09. The summed E-state index contributed by atoms with van der Waals surface area (Å²) >= 11 is 0. The fraction of sp³-hybridized carbons (Fsp3) is 0.429. The molecule has 0 unspecified atom stereocenters. The predicted molar refractivity (Wildman–Crippen MR) is 72.9 cm³/mol. The van der Waals surface area contributed by atoms with Crippen LogP contribution in [0.2, 0.25) is 0 Å². The van der Waals surface area contributed by atoms with Crippen molar-refractivity contribution in [2.24, 2.45) is 0 Å². The Morgan fingerprint density at radius 2 is 2.00 bits per heavy atom. The number of carboxylic acid groups (broad SMARTS) is 1. The highest BCUT2D eigenvalue weighted by atomic mass is 16.5. The molecule has 20 heavy (non-hydrogen) atoms. The molecule has 1 amide bonds. The summed E-state index contributed by atoms with van der Waals surface area (Å²) in [5.41, 5.74) is 0.859. The van der Waals surface area contributed by atoms with Gasteiger partial charge in [-0.15, -0.1) is 0 Å². The lowest BCUT2D eigenvalue weighted by Gasteiger charge is -2.11. The molecule has 0 atom stereocenters. The molecule has 0 saturated carbocycles. The molecule has 0 fully saturated rings. The van der Waals surface area contributed by atoms with Crippen LogP contribution in [0.3, 0.4) is 0 Å². The average molecular weight is 281 g/mol. The Balaban J connectivity index is 2.57. The van der Waals surface area contributed by atoms with E-state index in [0.717, 1.165) is 5.56 Å². The van der Waals surface area contributed by atoms with Crippen molar-refractivity contribution in [2.45, 2.75) is 26.3 Å². The van der Waals surface area contributed by atoms with E-state index in [4.69, 9.17) is 14.6 Å². The molecule has 0 heterocycles. The van der Waals surface area contributed by atoms with E-state index in [1.807, 2.05) is 13.0 Å². The Labute approximate surface area is 117 Å². The molecule has 6 heteroatoms. The standard InChI is InChI=1S/C14H19NO5/c1-3-20-12-8-10(4-5-11(12)19-2)9-15-13(16)6-7-14(17)18/h4-5,8H,3,6-7,9H2,1-2H3,(H,15,16)(H,17,18). The van der Waals surface area contributed by atoms with Gasteiger partial charge in [0.15, 0.2) is 11.5 Å². The van der Waals surface area contributed by atoms with Crippen molar-refractivity contribution >= 4 is 11.9 Å². The maximum atomic E-state index is 11.4. The lowest BCUT2D eigenvalue weighted by Crippen LogP contribution is -2.23. The van der Waals surface area contributed by atoms with Gasteiger partial charge in [-0.25, -0.2) is 0 Å². The minimum absolute atomic E-state index is 0.0240. The normalized spacial score (nSPS) is 9.90. The molecule has 0 radical (unpaired) electrons. The van der Waals surface area contributed by atoms with Gasteiger partial charge in [-0.05, 0) is 24.6 Å². The number of carbonyl (C=O) groups excluding carboxylic acids is 1. The lowest BCUT2D eigenvalue weighted by molar-refractivity contribution is -0.138. The molecule has 2 N–H and O–H groups in total. The van der Waals surface area contributed by atoms with Gasteiger partial charge >= 0.3 is 5.97 Å². The predicted octanol–water partition coefficient (Wildman–Crippen LogP) is 1.57. The highest BCUT2D eigenvalue weighted by Gasteiger charge is 2.08. The molecule has 0 aromatic heterocycles. The minimum Gasteiger partial charge on any atom is -0.493 e. The van der Waals surface area contributed by atoms with Crippen LogP contribution in [0.15, 0.2) is 18.2 Å². The first kappa shape index (κ1) is 15.8. The number of methoxy groups -OCH3 is 1. The van der Waals surface area contributed by atoms with Crippen molar-refractivity contribution in [1.82, 2.24) is 5.32 Å². The average Bonchev–Trinajstić information content (AvgIpc) is 2.43. The molecule has 1 rings (SSSR count). The van der Waals surface area contributed by atoms with Crippen molar-refractivity contribution in [3.63, 3.8) is 0 Å². The van der Waals surface area contributed by atoms with Crippen molar-refractivity contribution < 1.29 is 24.2 Å². The van der Waals surface area contributed by atoms with Gasteiger partial charge in [-0.2, -0.15) is 0 Å². The van der Waals surface area contributed by atoms with E-state index in [2.05, 4.69) is 5.32 Å². The van der Waals surface area contributed by atoms with Crippen molar-refractivity contribution in [1.29, 1.82) is 0 Å². The van der Waals surface area contributed by atoms with Crippen LogP contribution in [-0.2, 0) is 16.1 Å². The van der Waals surface area contributed by atoms with E-state index in [-0.39, 0.29) is 18.7 Å². The SMILES string of the molecule is CCOc1cc(CNC(=O)CCC(=O)O)ccc1OC. The molecule has 0 aliphatic heterocycles. The van der Waals surface area contributed by atoms with Gasteiger partial charge in [-0.1, -0.05) is 6.07 Å². The summed E-state index contributed by atoms with van der Waals surface area (Å²) in [6.07, 6.45) is -0.192. The zero-order chi connectivity index (χ0) is 15.0. The number of carbonyl (C=O) groups is 2. The van der Waals surface area contributed by atoms with Crippen molar-refractivity contribution in [2.75, 3.05) is 13.7 Å². The van der Waals surface area contributed by atoms with Crippen LogP contribution in [0.5, 0.6) is 11.5 Å². The largest absolute Gasteiger partial charge is 0.493 e. The fourth-order valence-corrected chi connectivity index (χ4v) is 1.61. The maximum Gasteiger partial charge on any atom is 0.303 e. The molecule has 0 bridgehead atoms. The van der Waals surface area contributed by atoms with Crippen molar-refractivity contribution in [3.05, 3.63) is 23.8 Å². The number of hydrogen-bond donors (Lipinski definition) is 2. The molecule has 0 aliphatic rings. The van der Waals surface area contributed by atoms with Crippen LogP contribution in [0, 0.1) is 0 Å². The lowest BCUT2D eigenvalue weighted by atomic mass is 10.2. The summed E-state index contributed by atoms with van der Waals surface area (Å²) in [6, 6.07) is 5.38. The van der Waals surface area contributed by atoms with Crippen LogP contribution in [0.1, 0.15) is 25.3 Å². The van der Waals surface area contributed by atoms with Crippen LogP contribution in [0.25, 0.3) is 0 Å². The Kier molecular flexibility index (Phi) is 6.36. The molecular formula is C14H19NO5. The fourth-order valence-electron chi connectivity index (χ4n) is 1.61. The quantitative estimate of drug-likeness (QED) is 0.755. The topological polar surface area (TPSA) is 84.9 Å². The smallest absolute Gasteiger partial charge is 0.303 e. The van der Waals surface area contributed by atoms with Gasteiger partial charge in [0.05, 0.1) is 20.1 Å². The Morgan fingerprint density at radius 1 is 1.25 bits per heavy atom. The number of ether oxygens (including phenoxy) is 2. The van der Waals surface area contributed by atoms with Gasteiger partial charge in [0.1, 0.15) is 0 Å². The first-order valence-corrected chi connectivity index (χ1v) is 6.35. The third-order valence-electron chi connectivity index (χ3n) is 2.58. The summed E-state index contributed by atoms with van der Waals surface area (Å²) in [7, 11) is 1.56. The number of carboxylic acids is 1. The van der Waals surface area contributed by atoms with Gasteiger partial charge in [0, 0.05) is 13.0 Å². The number of aliphatic carboxylic acids is 1. The van der Waals surface area contributed by atoms with Gasteiger partial charge < -0.3 is 19.9 Å². The first-order valence-electron chi connectivity index (χ1n) is 6.35. The summed E-state index contributed by atoms with van der Waals surface area (Å²) in [5, 5.41) is 11.2. The van der Waals surface area contributed by atoms with E-state index >= 15 is 0 Å². The highest BCUT2D eigenvalue weighted by Crippen LogP contribution is 2.27. The zero-order valence-corrected chi connectivity index (χ0v) is 11.6. The summed E-state index contributed by atoms with van der Waals surface area (Å²) in [5.74, 6) is -0.0236. The van der Waals surface area contributed by atoms with Crippen LogP contribution in [0.4, 0.5) is 0 Å². The summed E-state index contributed by atoms with van der Waals surface area (Å²) in [6.45, 7) is 2.72. The molecule has 110 valence electrons. The Hall–Kier alpha value is -2.24. The van der Waals surface area contributed by atoms with E-state index in [0.29, 0.717) is 24.7 Å². The number of rotatable bonds is 8. The monoisotopic (exact) mass is 281 g/mol. The zero-order valence-electron chi connectivity index (χ0n) is 11.6. The molecular weight excluding hydrogens is 262 g/mol. The molecule has 0 saturated heterocycles. The molecule has 1 aromatic rings. The number of nitrogens with one attached hydrogen (secondary N) is 1. The van der Waals surface area contributed by atoms with E-state index < -0.39 is 5.97 Å². The third-order valence-corrected chi connectivity index (χ3v) is 2.58. The van der Waals surface area contributed by atoms with E-state index in [1.165, 1.54) is 0 Å². The second-order valence-corrected chi connectivity index (χ2v) is 4.09. The summed E-state index contributed by atoms with van der Waals surface area (Å²) < 4.78 is 10.6. The van der Waals surface area contributed by atoms with Crippen LogP contribution < -0.4 is 14.8 Å². The summed E-state index contributed by atoms with van der Waals surface area (Å²) in [4.78, 5) is 21.8. The minimum atomic E-state index is -0.983. The second kappa shape index (κ2) is 8.04. The van der Waals surface area contributed by atoms with Gasteiger partial charge in [0.25, 0.3) is 0 Å². The molecule has 1 aromatic carbocycles. The maximum absolute atomic E-state index is 11.4. The van der Waals surface area contributed by atoms with Gasteiger partial charge in [0.2, 0.25) is 5.91 Å². The molecule has 0 spiro atoms. The number of amides is 1. The third kappa shape index (κ3) is 5.17. The molecule has 6 nitrogen and oxygen atoms in total. The highest BCUT2D eigenvalue weighted by molar-refractivity contribution is 5.80. The molecule has 0 aliphatic carbocycles.